The Labute approximate surface area is 96.0 Å². The van der Waals surface area contributed by atoms with Crippen LogP contribution < -0.4 is 0 Å². The molecule has 0 saturated carbocycles. The minimum Gasteiger partial charge on any atom is -0.331 e. The van der Waals surface area contributed by atoms with Gasteiger partial charge in [-0.25, -0.2) is 4.79 Å². The first-order chi connectivity index (χ1) is 7.70. The Bertz CT molecular complexity index is 398. The summed E-state index contributed by atoms with van der Waals surface area (Å²) in [5, 5.41) is 0. The van der Waals surface area contributed by atoms with Crippen molar-refractivity contribution in [2.45, 2.75) is 6.04 Å². The van der Waals surface area contributed by atoms with Crippen molar-refractivity contribution < 1.29 is 4.79 Å². The van der Waals surface area contributed by atoms with Gasteiger partial charge in [0.1, 0.15) is 0 Å². The number of urea groups is 1. The molecule has 1 unspecified atom stereocenters. The zero-order chi connectivity index (χ0) is 11.5. The van der Waals surface area contributed by atoms with E-state index in [1.807, 2.05) is 29.2 Å². The molecule has 3 heteroatoms. The lowest BCUT2D eigenvalue weighted by atomic mass is 10.1. The molecule has 0 fully saturated rings. The number of hydrogen-bond acceptors (Lipinski definition) is 1. The first kappa shape index (κ1) is 10.7. The highest BCUT2D eigenvalue weighted by Gasteiger charge is 2.26. The van der Waals surface area contributed by atoms with Crippen molar-refractivity contribution in [3.63, 3.8) is 0 Å². The molecule has 84 valence electrons. The maximum Gasteiger partial charge on any atom is 0.320 e. The minimum atomic E-state index is 0.0545. The van der Waals surface area contributed by atoms with Crippen LogP contribution in [0.4, 0.5) is 4.79 Å². The molecule has 1 atom stereocenters. The Morgan fingerprint density at radius 1 is 1.31 bits per heavy atom. The van der Waals surface area contributed by atoms with Gasteiger partial charge in [-0.2, -0.15) is 0 Å². The van der Waals surface area contributed by atoms with Crippen LogP contribution in [0.25, 0.3) is 0 Å². The first-order valence-corrected chi connectivity index (χ1v) is 5.39. The summed E-state index contributed by atoms with van der Waals surface area (Å²) in [7, 11) is 3.56. The Morgan fingerprint density at radius 3 is 2.62 bits per heavy atom. The second kappa shape index (κ2) is 4.39. The number of nitrogens with zero attached hydrogens (tertiary/aromatic N) is 2. The lowest BCUT2D eigenvalue weighted by Crippen LogP contribution is -2.39. The van der Waals surface area contributed by atoms with Gasteiger partial charge in [-0.15, -0.1) is 0 Å². The van der Waals surface area contributed by atoms with Crippen LogP contribution in [-0.2, 0) is 0 Å². The molecular weight excluding hydrogens is 200 g/mol. The smallest absolute Gasteiger partial charge is 0.320 e. The molecule has 1 aliphatic rings. The third-order valence-corrected chi connectivity index (χ3v) is 2.73. The normalized spacial score (nSPS) is 18.9. The van der Waals surface area contributed by atoms with E-state index in [0.717, 1.165) is 5.56 Å². The third kappa shape index (κ3) is 1.94. The molecule has 0 spiro atoms. The summed E-state index contributed by atoms with van der Waals surface area (Å²) < 4.78 is 0. The number of rotatable bonds is 1. The standard InChI is InChI=1S/C13H16N2O/c1-14(2)13(16)15-10-6-9-12(15)11-7-4-3-5-8-11/h3-9,12H,10H2,1-2H3. The number of carbonyl (C=O) groups is 1. The monoisotopic (exact) mass is 216 g/mol. The van der Waals surface area contributed by atoms with Crippen LogP contribution in [0.15, 0.2) is 42.5 Å². The predicted molar refractivity (Wildman–Crippen MR) is 64.1 cm³/mol. The molecule has 0 saturated heterocycles. The van der Waals surface area contributed by atoms with Gasteiger partial charge in [0.2, 0.25) is 0 Å². The van der Waals surface area contributed by atoms with E-state index in [1.54, 1.807) is 19.0 Å². The van der Waals surface area contributed by atoms with Crippen molar-refractivity contribution >= 4 is 6.03 Å². The van der Waals surface area contributed by atoms with Crippen LogP contribution in [0.3, 0.4) is 0 Å². The molecular formula is C13H16N2O. The molecule has 1 aromatic carbocycles. The predicted octanol–water partition coefficient (Wildman–Crippen LogP) is 2.28. The fourth-order valence-electron chi connectivity index (χ4n) is 1.92. The zero-order valence-corrected chi connectivity index (χ0v) is 9.63. The molecule has 1 aliphatic heterocycles. The molecule has 0 aromatic heterocycles. The van der Waals surface area contributed by atoms with Crippen LogP contribution in [0.1, 0.15) is 11.6 Å². The van der Waals surface area contributed by atoms with E-state index in [-0.39, 0.29) is 12.1 Å². The van der Waals surface area contributed by atoms with Gasteiger partial charge in [-0.1, -0.05) is 42.5 Å². The fraction of sp³-hybridized carbons (Fsp3) is 0.308. The molecule has 2 rings (SSSR count). The minimum absolute atomic E-state index is 0.0545. The fourth-order valence-corrected chi connectivity index (χ4v) is 1.92. The third-order valence-electron chi connectivity index (χ3n) is 2.73. The van der Waals surface area contributed by atoms with Gasteiger partial charge in [-0.3, -0.25) is 0 Å². The maximum atomic E-state index is 11.9. The molecule has 0 aliphatic carbocycles. The average Bonchev–Trinajstić information content (AvgIpc) is 2.77. The SMILES string of the molecule is CN(C)C(=O)N1CC=CC1c1ccccc1. The van der Waals surface area contributed by atoms with Crippen molar-refractivity contribution in [3.8, 4) is 0 Å². The van der Waals surface area contributed by atoms with E-state index in [2.05, 4.69) is 18.2 Å². The van der Waals surface area contributed by atoms with E-state index >= 15 is 0 Å². The van der Waals surface area contributed by atoms with E-state index in [4.69, 9.17) is 0 Å². The maximum absolute atomic E-state index is 11.9. The Hall–Kier alpha value is -1.77. The molecule has 3 nitrogen and oxygen atoms in total. The molecule has 16 heavy (non-hydrogen) atoms. The summed E-state index contributed by atoms with van der Waals surface area (Å²) in [6.07, 6.45) is 4.12. The summed E-state index contributed by atoms with van der Waals surface area (Å²) >= 11 is 0. The Balaban J connectivity index is 2.21. The molecule has 0 N–H and O–H groups in total. The number of hydrogen-bond donors (Lipinski definition) is 0. The van der Waals surface area contributed by atoms with Gasteiger partial charge in [0.25, 0.3) is 0 Å². The molecule has 2 amide bonds. The van der Waals surface area contributed by atoms with E-state index in [9.17, 15) is 4.79 Å². The number of amides is 2. The average molecular weight is 216 g/mol. The molecule has 0 radical (unpaired) electrons. The van der Waals surface area contributed by atoms with E-state index in [0.29, 0.717) is 6.54 Å². The highest BCUT2D eigenvalue weighted by atomic mass is 16.2. The van der Waals surface area contributed by atoms with Crippen LogP contribution in [0.5, 0.6) is 0 Å². The molecule has 0 bridgehead atoms. The largest absolute Gasteiger partial charge is 0.331 e. The lowest BCUT2D eigenvalue weighted by Gasteiger charge is -2.27. The topological polar surface area (TPSA) is 23.6 Å². The van der Waals surface area contributed by atoms with Crippen LogP contribution in [-0.4, -0.2) is 36.5 Å². The van der Waals surface area contributed by atoms with Crippen LogP contribution >= 0.6 is 0 Å². The van der Waals surface area contributed by atoms with Crippen LogP contribution in [0, 0.1) is 0 Å². The summed E-state index contributed by atoms with van der Waals surface area (Å²) in [5.41, 5.74) is 1.16. The Morgan fingerprint density at radius 2 is 2.00 bits per heavy atom. The van der Waals surface area contributed by atoms with E-state index < -0.39 is 0 Å². The zero-order valence-electron chi connectivity index (χ0n) is 9.63. The van der Waals surface area contributed by atoms with Gasteiger partial charge in [0, 0.05) is 20.6 Å². The van der Waals surface area contributed by atoms with Crippen molar-refractivity contribution in [2.24, 2.45) is 0 Å². The van der Waals surface area contributed by atoms with Gasteiger partial charge in [0.05, 0.1) is 6.04 Å². The summed E-state index contributed by atoms with van der Waals surface area (Å²) in [5.74, 6) is 0. The highest BCUT2D eigenvalue weighted by Crippen LogP contribution is 2.26. The molecule has 1 aromatic rings. The van der Waals surface area contributed by atoms with Gasteiger partial charge >= 0.3 is 6.03 Å². The summed E-state index contributed by atoms with van der Waals surface area (Å²) in [6.45, 7) is 0.691. The first-order valence-electron chi connectivity index (χ1n) is 5.39. The lowest BCUT2D eigenvalue weighted by molar-refractivity contribution is 0.170. The van der Waals surface area contributed by atoms with Crippen molar-refractivity contribution in [3.05, 3.63) is 48.0 Å². The number of carbonyl (C=O) groups excluding carboxylic acids is 1. The highest BCUT2D eigenvalue weighted by molar-refractivity contribution is 5.75. The van der Waals surface area contributed by atoms with E-state index in [1.165, 1.54) is 0 Å². The van der Waals surface area contributed by atoms with Gasteiger partial charge < -0.3 is 9.80 Å². The van der Waals surface area contributed by atoms with Crippen molar-refractivity contribution in [2.75, 3.05) is 20.6 Å². The Kier molecular flexibility index (Phi) is 2.95. The van der Waals surface area contributed by atoms with Crippen LogP contribution in [0.2, 0.25) is 0 Å². The second-order valence-corrected chi connectivity index (χ2v) is 4.11. The number of benzene rings is 1. The van der Waals surface area contributed by atoms with Crippen molar-refractivity contribution in [1.82, 2.24) is 9.80 Å². The second-order valence-electron chi connectivity index (χ2n) is 4.11. The van der Waals surface area contributed by atoms with Crippen molar-refractivity contribution in [1.29, 1.82) is 0 Å². The summed E-state index contributed by atoms with van der Waals surface area (Å²) in [6, 6.07) is 10.2. The summed E-state index contributed by atoms with van der Waals surface area (Å²) in [4.78, 5) is 15.4. The molecule has 1 heterocycles. The quantitative estimate of drug-likeness (QED) is 0.661. The van der Waals surface area contributed by atoms with Gasteiger partial charge in [-0.05, 0) is 5.56 Å². The van der Waals surface area contributed by atoms with Gasteiger partial charge in [0.15, 0.2) is 0 Å².